The minimum Gasteiger partial charge on any atom is -1.00 e. The van der Waals surface area contributed by atoms with Crippen molar-refractivity contribution in [3.05, 3.63) is 29.3 Å². The first-order valence-corrected chi connectivity index (χ1v) is 7.24. The van der Waals surface area contributed by atoms with Crippen LogP contribution in [0.15, 0.2) is 18.2 Å². The number of nitrogens with zero attached hydrogens (tertiary/aromatic N) is 1. The molecule has 0 bridgehead atoms. The van der Waals surface area contributed by atoms with Gasteiger partial charge in [-0.1, -0.05) is 0 Å². The van der Waals surface area contributed by atoms with Crippen LogP contribution in [-0.2, 0) is 12.4 Å². The molecular weight excluding hydrogens is 436 g/mol. The lowest BCUT2D eigenvalue weighted by Crippen LogP contribution is -3.00. The summed E-state index contributed by atoms with van der Waals surface area (Å²) in [6.07, 6.45) is -9.78. The van der Waals surface area contributed by atoms with Gasteiger partial charge in [-0.3, -0.25) is 0 Å². The third-order valence-corrected chi connectivity index (χ3v) is 3.16. The zero-order valence-electron chi connectivity index (χ0n) is 13.6. The first-order chi connectivity index (χ1) is 10.7. The van der Waals surface area contributed by atoms with E-state index < -0.39 is 23.5 Å². The van der Waals surface area contributed by atoms with Gasteiger partial charge in [0.05, 0.1) is 45.4 Å². The van der Waals surface area contributed by atoms with Gasteiger partial charge in [0.2, 0.25) is 0 Å². The van der Waals surface area contributed by atoms with Crippen molar-refractivity contribution in [3.8, 4) is 0 Å². The maximum Gasteiger partial charge on any atom is 0.416 e. The first-order valence-electron chi connectivity index (χ1n) is 6.83. The van der Waals surface area contributed by atoms with E-state index in [1.165, 1.54) is 0 Å². The van der Waals surface area contributed by atoms with Crippen molar-refractivity contribution < 1.29 is 47.8 Å². The molecule has 0 aliphatic rings. The SMILES string of the molecule is C[N+](C)(C)CCNC(=S)Nc1cc(C(F)(F)F)cc(C(F)(F)F)c1.[Br-]. The van der Waals surface area contributed by atoms with Gasteiger partial charge in [0.15, 0.2) is 5.11 Å². The molecule has 0 unspecified atom stereocenters. The molecule has 0 saturated heterocycles. The van der Waals surface area contributed by atoms with Gasteiger partial charge in [0, 0.05) is 5.69 Å². The molecule has 0 aromatic heterocycles. The molecule has 25 heavy (non-hydrogen) atoms. The average Bonchev–Trinajstić information content (AvgIpc) is 2.34. The fraction of sp³-hybridized carbons (Fsp3) is 0.500. The molecule has 0 heterocycles. The highest BCUT2D eigenvalue weighted by Gasteiger charge is 2.37. The first kappa shape index (κ1) is 23.9. The van der Waals surface area contributed by atoms with Gasteiger partial charge >= 0.3 is 12.4 Å². The van der Waals surface area contributed by atoms with Crippen LogP contribution in [0.25, 0.3) is 0 Å². The Morgan fingerprint density at radius 2 is 1.40 bits per heavy atom. The number of hydrogen-bond donors (Lipinski definition) is 2. The highest BCUT2D eigenvalue weighted by molar-refractivity contribution is 7.80. The molecule has 1 rings (SSSR count). The largest absolute Gasteiger partial charge is 1.00 e. The molecule has 2 N–H and O–H groups in total. The summed E-state index contributed by atoms with van der Waals surface area (Å²) in [6, 6.07) is 1.24. The smallest absolute Gasteiger partial charge is 0.416 e. The Hall–Kier alpha value is -1.07. The van der Waals surface area contributed by atoms with Gasteiger partial charge in [-0.25, -0.2) is 0 Å². The Labute approximate surface area is 157 Å². The van der Waals surface area contributed by atoms with Gasteiger partial charge in [0.25, 0.3) is 0 Å². The third-order valence-electron chi connectivity index (χ3n) is 2.91. The lowest BCUT2D eigenvalue weighted by Gasteiger charge is -2.24. The summed E-state index contributed by atoms with van der Waals surface area (Å²) in [6.45, 7) is 1.08. The third kappa shape index (κ3) is 8.73. The second-order valence-electron chi connectivity index (χ2n) is 6.19. The van der Waals surface area contributed by atoms with Gasteiger partial charge in [0.1, 0.15) is 0 Å². The van der Waals surface area contributed by atoms with Crippen molar-refractivity contribution in [1.82, 2.24) is 5.32 Å². The molecule has 0 aliphatic carbocycles. The van der Waals surface area contributed by atoms with Gasteiger partial charge in [-0.2, -0.15) is 26.3 Å². The molecule has 0 saturated carbocycles. The Balaban J connectivity index is 0.00000576. The molecule has 3 nitrogen and oxygen atoms in total. The van der Waals surface area contributed by atoms with Crippen LogP contribution in [0.2, 0.25) is 0 Å². The molecular formula is C14H18BrF6N3S. The van der Waals surface area contributed by atoms with Crippen molar-refractivity contribution in [2.75, 3.05) is 39.5 Å². The van der Waals surface area contributed by atoms with E-state index in [1.54, 1.807) is 0 Å². The monoisotopic (exact) mass is 453 g/mol. The van der Waals surface area contributed by atoms with Gasteiger partial charge < -0.3 is 32.1 Å². The van der Waals surface area contributed by atoms with Crippen LogP contribution in [-0.4, -0.2) is 43.8 Å². The van der Waals surface area contributed by atoms with Crippen LogP contribution in [0.3, 0.4) is 0 Å². The molecule has 1 aromatic carbocycles. The fourth-order valence-corrected chi connectivity index (χ4v) is 1.93. The van der Waals surface area contributed by atoms with Crippen molar-refractivity contribution in [1.29, 1.82) is 0 Å². The summed E-state index contributed by atoms with van der Waals surface area (Å²) >= 11 is 4.91. The lowest BCUT2D eigenvalue weighted by atomic mass is 10.1. The molecule has 11 heteroatoms. The summed E-state index contributed by atoms with van der Waals surface area (Å²) in [5, 5.41) is 5.07. The number of hydrogen-bond acceptors (Lipinski definition) is 1. The highest BCUT2D eigenvalue weighted by atomic mass is 79.9. The molecule has 0 amide bonds. The molecule has 1 aromatic rings. The second kappa shape index (κ2) is 8.54. The number of thiocarbonyl (C=S) groups is 1. The molecule has 0 radical (unpaired) electrons. The zero-order valence-corrected chi connectivity index (χ0v) is 16.0. The predicted molar refractivity (Wildman–Crippen MR) is 83.6 cm³/mol. The Morgan fingerprint density at radius 1 is 0.960 bits per heavy atom. The van der Waals surface area contributed by atoms with Gasteiger partial charge in [-0.05, 0) is 30.4 Å². The minimum atomic E-state index is -4.89. The number of halogens is 7. The zero-order chi connectivity index (χ0) is 18.8. The number of quaternary nitrogens is 1. The van der Waals surface area contributed by atoms with Crippen LogP contribution in [0, 0.1) is 0 Å². The summed E-state index contributed by atoms with van der Waals surface area (Å²) in [7, 11) is 5.79. The van der Waals surface area contributed by atoms with Crippen LogP contribution < -0.4 is 27.6 Å². The van der Waals surface area contributed by atoms with Crippen molar-refractivity contribution in [3.63, 3.8) is 0 Å². The molecule has 0 atom stereocenters. The van der Waals surface area contributed by atoms with E-state index in [0.717, 1.165) is 0 Å². The fourth-order valence-electron chi connectivity index (χ4n) is 1.71. The Bertz CT molecular complexity index is 563. The normalized spacial score (nSPS) is 12.4. The Kier molecular flexibility index (Phi) is 8.18. The van der Waals surface area contributed by atoms with E-state index in [-0.39, 0.29) is 33.8 Å². The summed E-state index contributed by atoms with van der Waals surface area (Å²) < 4.78 is 77.2. The molecule has 0 fully saturated rings. The van der Waals surface area contributed by atoms with Crippen molar-refractivity contribution in [2.24, 2.45) is 0 Å². The van der Waals surface area contributed by atoms with E-state index in [2.05, 4.69) is 10.6 Å². The summed E-state index contributed by atoms with van der Waals surface area (Å²) in [4.78, 5) is 0. The van der Waals surface area contributed by atoms with Gasteiger partial charge in [-0.15, -0.1) is 0 Å². The number of nitrogens with one attached hydrogen (secondary N) is 2. The van der Waals surface area contributed by atoms with E-state index in [9.17, 15) is 26.3 Å². The van der Waals surface area contributed by atoms with E-state index in [4.69, 9.17) is 12.2 Å². The average molecular weight is 454 g/mol. The lowest BCUT2D eigenvalue weighted by molar-refractivity contribution is -0.869. The predicted octanol–water partition coefficient (Wildman–Crippen LogP) is 0.721. The van der Waals surface area contributed by atoms with Crippen LogP contribution in [0.4, 0.5) is 32.0 Å². The van der Waals surface area contributed by atoms with Crippen LogP contribution >= 0.6 is 12.2 Å². The topological polar surface area (TPSA) is 24.1 Å². The maximum atomic E-state index is 12.8. The number of rotatable bonds is 4. The quantitative estimate of drug-likeness (QED) is 0.399. The number of anilines is 1. The molecule has 0 aliphatic heterocycles. The number of benzene rings is 1. The standard InChI is InChI=1S/C14H17F6N3S.BrH/c1-23(2,3)5-4-21-12(24)22-11-7-9(13(15,16)17)6-10(8-11)14(18,19)20;/h6-8H,4-5H2,1-3H3,(H-,21,22,24);1H. The van der Waals surface area contributed by atoms with Crippen molar-refractivity contribution in [2.45, 2.75) is 12.4 Å². The second-order valence-corrected chi connectivity index (χ2v) is 6.60. The maximum absolute atomic E-state index is 12.8. The van der Waals surface area contributed by atoms with E-state index in [0.29, 0.717) is 29.7 Å². The van der Waals surface area contributed by atoms with Crippen molar-refractivity contribution >= 4 is 23.0 Å². The summed E-state index contributed by atoms with van der Waals surface area (Å²) in [5.74, 6) is 0. The molecule has 144 valence electrons. The minimum absolute atomic E-state index is 0. The number of likely N-dealkylation sites (N-methyl/N-ethyl adjacent to an activating group) is 1. The van der Waals surface area contributed by atoms with Crippen LogP contribution in [0.5, 0.6) is 0 Å². The molecule has 0 spiro atoms. The van der Waals surface area contributed by atoms with E-state index >= 15 is 0 Å². The van der Waals surface area contributed by atoms with E-state index in [1.807, 2.05) is 21.1 Å². The van der Waals surface area contributed by atoms with Crippen LogP contribution in [0.1, 0.15) is 11.1 Å². The summed E-state index contributed by atoms with van der Waals surface area (Å²) in [5.41, 5.74) is -3.16. The Morgan fingerprint density at radius 3 is 1.76 bits per heavy atom. The highest BCUT2D eigenvalue weighted by Crippen LogP contribution is 2.37. The number of alkyl halides is 6.